The van der Waals surface area contributed by atoms with Crippen molar-refractivity contribution in [3.05, 3.63) is 59.1 Å². The lowest BCUT2D eigenvalue weighted by Gasteiger charge is -2.10. The molecule has 0 atom stereocenters. The molecule has 2 aromatic rings. The number of carbonyl (C=O) groups excluding carboxylic acids is 1. The quantitative estimate of drug-likeness (QED) is 0.840. The number of aryl methyl sites for hydroxylation is 1. The van der Waals surface area contributed by atoms with Crippen LogP contribution in [0.25, 0.3) is 0 Å². The van der Waals surface area contributed by atoms with E-state index < -0.39 is 0 Å². The maximum absolute atomic E-state index is 11.8. The van der Waals surface area contributed by atoms with Gasteiger partial charge >= 0.3 is 0 Å². The van der Waals surface area contributed by atoms with E-state index in [0.29, 0.717) is 10.8 Å². The van der Waals surface area contributed by atoms with E-state index in [1.165, 1.54) is 0 Å². The van der Waals surface area contributed by atoms with Gasteiger partial charge in [0.05, 0.1) is 0 Å². The minimum atomic E-state index is -0.326. The Hall–Kier alpha value is -2.11. The number of rotatable bonds is 4. The van der Waals surface area contributed by atoms with Crippen molar-refractivity contribution in [3.63, 3.8) is 0 Å². The standard InChI is InChI=1S/C16H15ClN2O2S/c1-11-3-2-4-14(9-11)21-10-15(20)19-16(22)18-13-7-5-12(17)6-8-13/h2-9H,10H2,1H3,(H2,18,19,20,22). The lowest BCUT2D eigenvalue weighted by atomic mass is 10.2. The van der Waals surface area contributed by atoms with E-state index in [-0.39, 0.29) is 17.6 Å². The summed E-state index contributed by atoms with van der Waals surface area (Å²) in [5.74, 6) is 0.319. The summed E-state index contributed by atoms with van der Waals surface area (Å²) in [4.78, 5) is 11.8. The second-order valence-corrected chi connectivity index (χ2v) is 5.46. The molecule has 0 aliphatic carbocycles. The van der Waals surface area contributed by atoms with Gasteiger partial charge in [-0.15, -0.1) is 0 Å². The first-order valence-electron chi connectivity index (χ1n) is 6.59. The highest BCUT2D eigenvalue weighted by molar-refractivity contribution is 7.80. The third-order valence-electron chi connectivity index (χ3n) is 2.71. The number of anilines is 1. The first kappa shape index (κ1) is 16.3. The van der Waals surface area contributed by atoms with E-state index in [2.05, 4.69) is 10.6 Å². The van der Waals surface area contributed by atoms with Crippen LogP contribution in [0.15, 0.2) is 48.5 Å². The van der Waals surface area contributed by atoms with Crippen molar-refractivity contribution in [2.24, 2.45) is 0 Å². The van der Waals surface area contributed by atoms with Crippen LogP contribution < -0.4 is 15.4 Å². The van der Waals surface area contributed by atoms with E-state index in [9.17, 15) is 4.79 Å². The van der Waals surface area contributed by atoms with Crippen molar-refractivity contribution >= 4 is 40.5 Å². The molecule has 0 aliphatic heterocycles. The predicted octanol–water partition coefficient (Wildman–Crippen LogP) is 3.54. The predicted molar refractivity (Wildman–Crippen MR) is 92.5 cm³/mol. The molecule has 0 aliphatic rings. The van der Waals surface area contributed by atoms with Gasteiger partial charge in [0.2, 0.25) is 0 Å². The summed E-state index contributed by atoms with van der Waals surface area (Å²) in [7, 11) is 0. The fourth-order valence-corrected chi connectivity index (χ4v) is 2.07. The molecule has 0 aromatic heterocycles. The number of halogens is 1. The van der Waals surface area contributed by atoms with Crippen LogP contribution >= 0.6 is 23.8 Å². The number of carbonyl (C=O) groups is 1. The fourth-order valence-electron chi connectivity index (χ4n) is 1.71. The van der Waals surface area contributed by atoms with E-state index in [4.69, 9.17) is 28.6 Å². The summed E-state index contributed by atoms with van der Waals surface area (Å²) >= 11 is 10.9. The van der Waals surface area contributed by atoms with Gasteiger partial charge in [-0.25, -0.2) is 0 Å². The number of benzene rings is 2. The molecule has 0 saturated heterocycles. The molecule has 0 fully saturated rings. The van der Waals surface area contributed by atoms with Crippen LogP contribution in [0.5, 0.6) is 5.75 Å². The van der Waals surface area contributed by atoms with E-state index in [1.54, 1.807) is 30.3 Å². The van der Waals surface area contributed by atoms with Crippen LogP contribution in [0.1, 0.15) is 5.56 Å². The molecule has 0 saturated carbocycles. The Morgan fingerprint density at radius 3 is 2.64 bits per heavy atom. The Morgan fingerprint density at radius 1 is 1.23 bits per heavy atom. The Bertz CT molecular complexity index is 674. The lowest BCUT2D eigenvalue weighted by molar-refractivity contribution is -0.121. The normalized spacial score (nSPS) is 9.91. The zero-order valence-electron chi connectivity index (χ0n) is 11.9. The highest BCUT2D eigenvalue weighted by atomic mass is 35.5. The topological polar surface area (TPSA) is 50.4 Å². The molecule has 0 spiro atoms. The van der Waals surface area contributed by atoms with E-state index >= 15 is 0 Å². The average Bonchev–Trinajstić information content (AvgIpc) is 2.47. The van der Waals surface area contributed by atoms with Gasteiger partial charge in [-0.2, -0.15) is 0 Å². The average molecular weight is 335 g/mol. The number of nitrogens with one attached hydrogen (secondary N) is 2. The Kier molecular flexibility index (Phi) is 5.75. The number of thiocarbonyl (C=S) groups is 1. The van der Waals surface area contributed by atoms with Crippen molar-refractivity contribution in [2.75, 3.05) is 11.9 Å². The van der Waals surface area contributed by atoms with Crippen LogP contribution in [-0.4, -0.2) is 17.6 Å². The summed E-state index contributed by atoms with van der Waals surface area (Å²) in [6.07, 6.45) is 0. The Morgan fingerprint density at radius 2 is 1.95 bits per heavy atom. The van der Waals surface area contributed by atoms with Crippen molar-refractivity contribution in [2.45, 2.75) is 6.92 Å². The molecule has 1 amide bonds. The number of ether oxygens (including phenoxy) is 1. The summed E-state index contributed by atoms with van der Waals surface area (Å²) in [5, 5.41) is 6.28. The minimum Gasteiger partial charge on any atom is -0.484 e. The number of hydrogen-bond donors (Lipinski definition) is 2. The molecule has 2 rings (SSSR count). The maximum Gasteiger partial charge on any atom is 0.264 e. The Labute approximate surface area is 139 Å². The molecule has 6 heteroatoms. The molecule has 0 heterocycles. The first-order valence-corrected chi connectivity index (χ1v) is 7.37. The molecule has 0 unspecified atom stereocenters. The molecular formula is C16H15ClN2O2S. The zero-order valence-corrected chi connectivity index (χ0v) is 13.5. The molecular weight excluding hydrogens is 320 g/mol. The van der Waals surface area contributed by atoms with Gasteiger partial charge < -0.3 is 10.1 Å². The first-order chi connectivity index (χ1) is 10.5. The monoisotopic (exact) mass is 334 g/mol. The van der Waals surface area contributed by atoms with E-state index in [1.807, 2.05) is 25.1 Å². The fraction of sp³-hybridized carbons (Fsp3) is 0.125. The molecule has 0 radical (unpaired) electrons. The van der Waals surface area contributed by atoms with Crippen LogP contribution in [0.2, 0.25) is 5.02 Å². The van der Waals surface area contributed by atoms with Crippen molar-refractivity contribution in [3.8, 4) is 5.75 Å². The second kappa shape index (κ2) is 7.77. The third kappa shape index (κ3) is 5.35. The van der Waals surface area contributed by atoms with Gasteiger partial charge in [-0.3, -0.25) is 10.1 Å². The summed E-state index contributed by atoms with van der Waals surface area (Å²) in [5.41, 5.74) is 1.81. The van der Waals surface area contributed by atoms with Gasteiger partial charge in [-0.1, -0.05) is 23.7 Å². The molecule has 4 nitrogen and oxygen atoms in total. The molecule has 2 N–H and O–H groups in total. The lowest BCUT2D eigenvalue weighted by Crippen LogP contribution is -2.37. The van der Waals surface area contributed by atoms with Crippen molar-refractivity contribution < 1.29 is 9.53 Å². The molecule has 0 bridgehead atoms. The van der Waals surface area contributed by atoms with Crippen LogP contribution in [0.4, 0.5) is 5.69 Å². The largest absolute Gasteiger partial charge is 0.484 e. The van der Waals surface area contributed by atoms with Crippen molar-refractivity contribution in [1.82, 2.24) is 5.32 Å². The van der Waals surface area contributed by atoms with E-state index in [0.717, 1.165) is 11.3 Å². The van der Waals surface area contributed by atoms with Gasteiger partial charge in [-0.05, 0) is 61.1 Å². The number of amides is 1. The van der Waals surface area contributed by atoms with Crippen LogP contribution in [0, 0.1) is 6.92 Å². The van der Waals surface area contributed by atoms with Crippen LogP contribution in [0.3, 0.4) is 0 Å². The van der Waals surface area contributed by atoms with Crippen molar-refractivity contribution in [1.29, 1.82) is 0 Å². The molecule has 22 heavy (non-hydrogen) atoms. The highest BCUT2D eigenvalue weighted by Crippen LogP contribution is 2.13. The summed E-state index contributed by atoms with van der Waals surface area (Å²) in [6, 6.07) is 14.5. The highest BCUT2D eigenvalue weighted by Gasteiger charge is 2.06. The molecule has 2 aromatic carbocycles. The van der Waals surface area contributed by atoms with Gasteiger partial charge in [0.1, 0.15) is 5.75 Å². The van der Waals surface area contributed by atoms with Gasteiger partial charge in [0, 0.05) is 10.7 Å². The number of hydrogen-bond acceptors (Lipinski definition) is 3. The van der Waals surface area contributed by atoms with Gasteiger partial charge in [0.25, 0.3) is 5.91 Å². The second-order valence-electron chi connectivity index (χ2n) is 4.61. The third-order valence-corrected chi connectivity index (χ3v) is 3.17. The maximum atomic E-state index is 11.8. The summed E-state index contributed by atoms with van der Waals surface area (Å²) in [6.45, 7) is 1.85. The SMILES string of the molecule is Cc1cccc(OCC(=O)NC(=S)Nc2ccc(Cl)cc2)c1. The Balaban J connectivity index is 1.79. The molecule has 114 valence electrons. The zero-order chi connectivity index (χ0) is 15.9. The summed E-state index contributed by atoms with van der Waals surface area (Å²) < 4.78 is 5.40. The smallest absolute Gasteiger partial charge is 0.264 e. The minimum absolute atomic E-state index is 0.105. The van der Waals surface area contributed by atoms with Crippen LogP contribution in [-0.2, 0) is 4.79 Å². The van der Waals surface area contributed by atoms with Gasteiger partial charge in [0.15, 0.2) is 11.7 Å².